The van der Waals surface area contributed by atoms with Crippen LogP contribution in [0.2, 0.25) is 0 Å². The van der Waals surface area contributed by atoms with E-state index in [1.807, 2.05) is 6.92 Å². The van der Waals surface area contributed by atoms with E-state index in [-0.39, 0.29) is 17.0 Å². The number of nitrogens with zero attached hydrogens (tertiary/aromatic N) is 1. The van der Waals surface area contributed by atoms with Crippen molar-refractivity contribution >= 4 is 35.3 Å². The molecule has 0 aliphatic heterocycles. The number of ether oxygens (including phenoxy) is 1. The van der Waals surface area contributed by atoms with E-state index in [9.17, 15) is 19.5 Å². The molecule has 0 aromatic heterocycles. The quantitative estimate of drug-likeness (QED) is 0.252. The molecule has 0 aliphatic carbocycles. The van der Waals surface area contributed by atoms with Gasteiger partial charge in [0.25, 0.3) is 5.91 Å². The summed E-state index contributed by atoms with van der Waals surface area (Å²) in [6.07, 6.45) is 1.32. The van der Waals surface area contributed by atoms with E-state index >= 15 is 0 Å². The molecule has 3 rings (SSSR count). The van der Waals surface area contributed by atoms with Gasteiger partial charge in [0, 0.05) is 5.69 Å². The van der Waals surface area contributed by atoms with Crippen molar-refractivity contribution in [1.29, 1.82) is 0 Å². The molecule has 0 unspecified atom stereocenters. The molecule has 0 aliphatic rings. The zero-order valence-electron chi connectivity index (χ0n) is 17.7. The highest BCUT2D eigenvalue weighted by Crippen LogP contribution is 2.19. The predicted molar refractivity (Wildman–Crippen MR) is 124 cm³/mol. The van der Waals surface area contributed by atoms with Gasteiger partial charge in [-0.2, -0.15) is 5.10 Å². The average Bonchev–Trinajstić information content (AvgIpc) is 2.82. The van der Waals surface area contributed by atoms with Gasteiger partial charge < -0.3 is 20.5 Å². The first-order valence-electron chi connectivity index (χ1n) is 10.0. The van der Waals surface area contributed by atoms with Gasteiger partial charge in [0.15, 0.2) is 0 Å². The number of phenols is 1. The van der Waals surface area contributed by atoms with Crippen LogP contribution in [0.3, 0.4) is 0 Å². The highest BCUT2D eigenvalue weighted by molar-refractivity contribution is 6.40. The van der Waals surface area contributed by atoms with Crippen LogP contribution < -0.4 is 20.8 Å². The molecule has 0 heterocycles. The minimum Gasteiger partial charge on any atom is -0.508 e. The molecule has 9 heteroatoms. The Morgan fingerprint density at radius 2 is 1.61 bits per heavy atom. The molecule has 3 aromatic carbocycles. The van der Waals surface area contributed by atoms with E-state index in [0.717, 1.165) is 0 Å². The number of carbonyl (C=O) groups is 3. The fourth-order valence-electron chi connectivity index (χ4n) is 2.75. The smallest absolute Gasteiger partial charge is 0.329 e. The molecule has 3 amide bonds. The zero-order valence-corrected chi connectivity index (χ0v) is 17.7. The van der Waals surface area contributed by atoms with E-state index in [1.165, 1.54) is 30.5 Å². The van der Waals surface area contributed by atoms with Crippen LogP contribution in [-0.2, 0) is 9.59 Å². The summed E-state index contributed by atoms with van der Waals surface area (Å²) >= 11 is 0. The second-order valence-corrected chi connectivity index (χ2v) is 6.70. The standard InChI is InChI=1S/C24H22N4O5/c1-2-33-19-13-9-17(10-14-19)26-22(30)20-5-3-4-6-21(20)27-23(31)24(32)28-25-15-16-7-11-18(29)12-8-16/h3-15,29H,2H2,1H3,(H,26,30)(H,27,31)(H,28,32). The van der Waals surface area contributed by atoms with Crippen LogP contribution in [0.5, 0.6) is 11.5 Å². The molecule has 0 saturated heterocycles. The Morgan fingerprint density at radius 1 is 0.909 bits per heavy atom. The molecule has 0 saturated carbocycles. The number of para-hydroxylation sites is 1. The van der Waals surface area contributed by atoms with Gasteiger partial charge in [-0.25, -0.2) is 5.43 Å². The van der Waals surface area contributed by atoms with Crippen molar-refractivity contribution < 1.29 is 24.2 Å². The van der Waals surface area contributed by atoms with Crippen LogP contribution in [-0.4, -0.2) is 35.6 Å². The Balaban J connectivity index is 1.61. The summed E-state index contributed by atoms with van der Waals surface area (Å²) in [6.45, 7) is 2.41. The van der Waals surface area contributed by atoms with Gasteiger partial charge in [-0.3, -0.25) is 14.4 Å². The topological polar surface area (TPSA) is 129 Å². The lowest BCUT2D eigenvalue weighted by Crippen LogP contribution is -2.33. The van der Waals surface area contributed by atoms with Crippen molar-refractivity contribution in [2.45, 2.75) is 6.92 Å². The van der Waals surface area contributed by atoms with E-state index in [2.05, 4.69) is 21.2 Å². The van der Waals surface area contributed by atoms with Crippen molar-refractivity contribution in [2.24, 2.45) is 5.10 Å². The van der Waals surface area contributed by atoms with E-state index < -0.39 is 17.7 Å². The molecule has 0 atom stereocenters. The summed E-state index contributed by atoms with van der Waals surface area (Å²) in [5, 5.41) is 18.1. The van der Waals surface area contributed by atoms with Gasteiger partial charge in [0.1, 0.15) is 11.5 Å². The number of aromatic hydroxyl groups is 1. The number of nitrogens with one attached hydrogen (secondary N) is 3. The van der Waals surface area contributed by atoms with Crippen LogP contribution in [0.25, 0.3) is 0 Å². The summed E-state index contributed by atoms with van der Waals surface area (Å²) in [4.78, 5) is 37.0. The second-order valence-electron chi connectivity index (χ2n) is 6.70. The summed E-state index contributed by atoms with van der Waals surface area (Å²) in [5.74, 6) is -1.67. The van der Waals surface area contributed by atoms with Gasteiger partial charge >= 0.3 is 11.8 Å². The predicted octanol–water partition coefficient (Wildman–Crippen LogP) is 3.13. The molecule has 0 radical (unpaired) electrons. The lowest BCUT2D eigenvalue weighted by atomic mass is 10.1. The van der Waals surface area contributed by atoms with Crippen LogP contribution in [0.4, 0.5) is 11.4 Å². The summed E-state index contributed by atoms with van der Waals surface area (Å²) in [7, 11) is 0. The van der Waals surface area contributed by atoms with Crippen LogP contribution in [0.1, 0.15) is 22.8 Å². The highest BCUT2D eigenvalue weighted by atomic mass is 16.5. The molecule has 168 valence electrons. The minimum absolute atomic E-state index is 0.0980. The molecule has 0 spiro atoms. The fraction of sp³-hybridized carbons (Fsp3) is 0.0833. The van der Waals surface area contributed by atoms with E-state index in [4.69, 9.17) is 4.74 Å². The number of phenolic OH excluding ortho intramolecular Hbond substituents is 1. The van der Waals surface area contributed by atoms with Crippen molar-refractivity contribution in [3.63, 3.8) is 0 Å². The Hall–Kier alpha value is -4.66. The van der Waals surface area contributed by atoms with Crippen molar-refractivity contribution in [1.82, 2.24) is 5.43 Å². The SMILES string of the molecule is CCOc1ccc(NC(=O)c2ccccc2NC(=O)C(=O)NN=Cc2ccc(O)cc2)cc1. The number of benzene rings is 3. The Bertz CT molecular complexity index is 1160. The number of amides is 3. The number of anilines is 2. The van der Waals surface area contributed by atoms with Crippen LogP contribution >= 0.6 is 0 Å². The van der Waals surface area contributed by atoms with Crippen LogP contribution in [0, 0.1) is 0 Å². The maximum atomic E-state index is 12.7. The third kappa shape index (κ3) is 6.66. The summed E-state index contributed by atoms with van der Waals surface area (Å²) in [5.41, 5.74) is 3.63. The van der Waals surface area contributed by atoms with Gasteiger partial charge in [-0.15, -0.1) is 0 Å². The molecule has 33 heavy (non-hydrogen) atoms. The van der Waals surface area contributed by atoms with Crippen molar-refractivity contribution in [3.05, 3.63) is 83.9 Å². The zero-order chi connectivity index (χ0) is 23.6. The molecule has 9 nitrogen and oxygen atoms in total. The molecule has 0 bridgehead atoms. The molecule has 4 N–H and O–H groups in total. The Kier molecular flexibility index (Phi) is 7.74. The second kappa shape index (κ2) is 11.1. The number of hydrazone groups is 1. The van der Waals surface area contributed by atoms with Crippen LogP contribution in [0.15, 0.2) is 77.9 Å². The Labute approximate surface area is 190 Å². The van der Waals surface area contributed by atoms with Crippen molar-refractivity contribution in [2.75, 3.05) is 17.2 Å². The first kappa shape index (κ1) is 23.0. The number of rotatable bonds is 7. The lowest BCUT2D eigenvalue weighted by Gasteiger charge is -2.11. The highest BCUT2D eigenvalue weighted by Gasteiger charge is 2.17. The normalized spacial score (nSPS) is 10.5. The maximum Gasteiger partial charge on any atom is 0.329 e. The fourth-order valence-corrected chi connectivity index (χ4v) is 2.75. The van der Waals surface area contributed by atoms with Crippen molar-refractivity contribution in [3.8, 4) is 11.5 Å². The third-order valence-corrected chi connectivity index (χ3v) is 4.32. The average molecular weight is 446 g/mol. The lowest BCUT2D eigenvalue weighted by molar-refractivity contribution is -0.136. The van der Waals surface area contributed by atoms with Gasteiger partial charge in [0.05, 0.1) is 24.1 Å². The summed E-state index contributed by atoms with van der Waals surface area (Å²) < 4.78 is 5.38. The number of hydrogen-bond donors (Lipinski definition) is 4. The first-order valence-corrected chi connectivity index (χ1v) is 10.0. The van der Waals surface area contributed by atoms with E-state index in [1.54, 1.807) is 48.5 Å². The van der Waals surface area contributed by atoms with Gasteiger partial charge in [0.2, 0.25) is 0 Å². The van der Waals surface area contributed by atoms with E-state index in [0.29, 0.717) is 23.6 Å². The molecular weight excluding hydrogens is 424 g/mol. The molecule has 0 fully saturated rings. The first-order chi connectivity index (χ1) is 16.0. The number of carbonyl (C=O) groups excluding carboxylic acids is 3. The largest absolute Gasteiger partial charge is 0.508 e. The summed E-state index contributed by atoms with van der Waals surface area (Å²) in [6, 6.07) is 19.3. The molecular formula is C24H22N4O5. The maximum absolute atomic E-state index is 12.7. The molecule has 3 aromatic rings. The number of hydrogen-bond acceptors (Lipinski definition) is 6. The monoisotopic (exact) mass is 446 g/mol. The minimum atomic E-state index is -1.01. The third-order valence-electron chi connectivity index (χ3n) is 4.32. The van der Waals surface area contributed by atoms with Gasteiger partial charge in [-0.1, -0.05) is 12.1 Å². The Morgan fingerprint density at radius 3 is 2.30 bits per heavy atom. The van der Waals surface area contributed by atoms with Gasteiger partial charge in [-0.05, 0) is 73.2 Å².